The van der Waals surface area contributed by atoms with Gasteiger partial charge in [-0.1, -0.05) is 42.5 Å². The van der Waals surface area contributed by atoms with Crippen LogP contribution in [0, 0.1) is 0 Å². The number of rotatable bonds is 3. The van der Waals surface area contributed by atoms with Crippen molar-refractivity contribution in [3.05, 3.63) is 76.8 Å². The smallest absolute Gasteiger partial charge is 0.259 e. The number of nitrogens with zero attached hydrogens (tertiary/aromatic N) is 2. The Kier molecular flexibility index (Phi) is 3.48. The van der Waals surface area contributed by atoms with E-state index in [1.807, 2.05) is 47.8 Å². The van der Waals surface area contributed by atoms with Gasteiger partial charge in [-0.2, -0.15) is 0 Å². The lowest BCUT2D eigenvalue weighted by Gasteiger charge is -2.05. The first-order valence-electron chi connectivity index (χ1n) is 7.27. The Hall–Kier alpha value is -2.79. The third-order valence-electron chi connectivity index (χ3n) is 3.73. The van der Waals surface area contributed by atoms with Gasteiger partial charge >= 0.3 is 0 Å². The van der Waals surface area contributed by atoms with Gasteiger partial charge < -0.3 is 0 Å². The minimum atomic E-state index is -0.171. The molecule has 0 radical (unpaired) electrons. The molecule has 23 heavy (non-hydrogen) atoms. The number of thiazole rings is 1. The van der Waals surface area contributed by atoms with E-state index >= 15 is 0 Å². The molecule has 4 rings (SSSR count). The Morgan fingerprint density at radius 3 is 2.74 bits per heavy atom. The molecule has 2 heterocycles. The van der Waals surface area contributed by atoms with E-state index in [4.69, 9.17) is 4.99 Å². The van der Waals surface area contributed by atoms with Crippen molar-refractivity contribution in [2.75, 3.05) is 5.32 Å². The van der Waals surface area contributed by atoms with Gasteiger partial charge in [0.05, 0.1) is 17.0 Å². The van der Waals surface area contributed by atoms with E-state index in [0.29, 0.717) is 10.7 Å². The molecule has 5 heteroatoms. The van der Waals surface area contributed by atoms with E-state index in [0.717, 1.165) is 28.9 Å². The molecule has 1 aliphatic rings. The summed E-state index contributed by atoms with van der Waals surface area (Å²) in [6, 6.07) is 15.8. The first-order valence-corrected chi connectivity index (χ1v) is 8.15. The second-order valence-corrected chi connectivity index (χ2v) is 6.10. The highest BCUT2D eigenvalue weighted by Crippen LogP contribution is 2.33. The number of amides is 1. The van der Waals surface area contributed by atoms with Crippen LogP contribution in [0.1, 0.15) is 21.5 Å². The molecular weight excluding hydrogens is 306 g/mol. The number of nitrogens with one attached hydrogen (secondary N) is 1. The summed E-state index contributed by atoms with van der Waals surface area (Å²) in [6.45, 7) is 0. The maximum Gasteiger partial charge on any atom is 0.259 e. The Labute approximate surface area is 137 Å². The van der Waals surface area contributed by atoms with Gasteiger partial charge in [0, 0.05) is 18.0 Å². The van der Waals surface area contributed by atoms with Gasteiger partial charge in [-0.25, -0.2) is 4.98 Å². The number of para-hydroxylation sites is 1. The monoisotopic (exact) mass is 319 g/mol. The number of aliphatic imine (C=N–C) groups is 1. The average Bonchev–Trinajstić information content (AvgIpc) is 3.24. The third kappa shape index (κ3) is 2.66. The molecule has 0 spiro atoms. The predicted octanol–water partition coefficient (Wildman–Crippen LogP) is 4.07. The highest BCUT2D eigenvalue weighted by molar-refractivity contribution is 7.13. The molecule has 4 nitrogen and oxygen atoms in total. The summed E-state index contributed by atoms with van der Waals surface area (Å²) in [5.74, 6) is -0.171. The van der Waals surface area contributed by atoms with Crippen LogP contribution >= 0.6 is 11.3 Å². The van der Waals surface area contributed by atoms with Crippen LogP contribution in [0.25, 0.3) is 0 Å². The normalized spacial score (nSPS) is 12.6. The molecule has 0 fully saturated rings. The number of carbonyl (C=O) groups is 1. The summed E-state index contributed by atoms with van der Waals surface area (Å²) in [5.41, 5.74) is 4.52. The zero-order valence-corrected chi connectivity index (χ0v) is 13.0. The summed E-state index contributed by atoms with van der Waals surface area (Å²) in [6.07, 6.45) is 2.42. The lowest BCUT2D eigenvalue weighted by molar-refractivity contribution is 0.102. The minimum Gasteiger partial charge on any atom is -0.298 e. The van der Waals surface area contributed by atoms with Crippen LogP contribution < -0.4 is 5.32 Å². The van der Waals surface area contributed by atoms with E-state index in [1.54, 1.807) is 12.3 Å². The topological polar surface area (TPSA) is 54.4 Å². The first kappa shape index (κ1) is 13.8. The molecule has 1 N–H and O–H groups in total. The molecule has 1 aromatic heterocycles. The molecule has 0 bridgehead atoms. The van der Waals surface area contributed by atoms with E-state index < -0.39 is 0 Å². The maximum absolute atomic E-state index is 12.5. The second kappa shape index (κ2) is 5.78. The van der Waals surface area contributed by atoms with Crippen molar-refractivity contribution in [3.63, 3.8) is 0 Å². The Balaban J connectivity index is 1.68. The zero-order chi connectivity index (χ0) is 15.6. The van der Waals surface area contributed by atoms with Crippen LogP contribution in [0.4, 0.5) is 10.8 Å². The van der Waals surface area contributed by atoms with E-state index in [1.165, 1.54) is 11.3 Å². The summed E-state index contributed by atoms with van der Waals surface area (Å²) < 4.78 is 0. The Morgan fingerprint density at radius 1 is 1.09 bits per heavy atom. The van der Waals surface area contributed by atoms with Crippen molar-refractivity contribution in [2.24, 2.45) is 4.99 Å². The highest BCUT2D eigenvalue weighted by atomic mass is 32.1. The van der Waals surface area contributed by atoms with Gasteiger partial charge in [0.2, 0.25) is 0 Å². The number of aromatic nitrogens is 1. The van der Waals surface area contributed by atoms with Crippen molar-refractivity contribution in [1.29, 1.82) is 0 Å². The summed E-state index contributed by atoms with van der Waals surface area (Å²) in [4.78, 5) is 21.3. The van der Waals surface area contributed by atoms with Gasteiger partial charge in [0.25, 0.3) is 5.91 Å². The van der Waals surface area contributed by atoms with Crippen molar-refractivity contribution in [2.45, 2.75) is 6.42 Å². The van der Waals surface area contributed by atoms with Crippen molar-refractivity contribution >= 4 is 33.8 Å². The van der Waals surface area contributed by atoms with Gasteiger partial charge in [-0.05, 0) is 17.2 Å². The fraction of sp³-hybridized carbons (Fsp3) is 0.0556. The molecular formula is C18H13N3OS. The molecule has 2 aromatic carbocycles. The lowest BCUT2D eigenvalue weighted by Crippen LogP contribution is -2.11. The third-order valence-corrected chi connectivity index (χ3v) is 4.42. The van der Waals surface area contributed by atoms with Crippen LogP contribution in [0.15, 0.2) is 65.1 Å². The number of hydrogen-bond donors (Lipinski definition) is 1. The maximum atomic E-state index is 12.5. The Bertz CT molecular complexity index is 886. The zero-order valence-electron chi connectivity index (χ0n) is 12.2. The van der Waals surface area contributed by atoms with Crippen LogP contribution in [0.5, 0.6) is 0 Å². The fourth-order valence-electron chi connectivity index (χ4n) is 2.65. The number of benzene rings is 2. The number of hydrogen-bond acceptors (Lipinski definition) is 4. The summed E-state index contributed by atoms with van der Waals surface area (Å²) >= 11 is 1.40. The number of carbonyl (C=O) groups excluding carboxylic acids is 1. The molecule has 0 aliphatic carbocycles. The van der Waals surface area contributed by atoms with Crippen molar-refractivity contribution in [3.8, 4) is 0 Å². The van der Waals surface area contributed by atoms with Gasteiger partial charge in [-0.3, -0.25) is 15.1 Å². The molecule has 3 aromatic rings. The van der Waals surface area contributed by atoms with E-state index in [2.05, 4.69) is 10.3 Å². The van der Waals surface area contributed by atoms with Crippen LogP contribution in [-0.2, 0) is 6.42 Å². The fourth-order valence-corrected chi connectivity index (χ4v) is 3.17. The average molecular weight is 319 g/mol. The van der Waals surface area contributed by atoms with Crippen LogP contribution in [0.3, 0.4) is 0 Å². The van der Waals surface area contributed by atoms with Crippen LogP contribution in [0.2, 0.25) is 0 Å². The standard InChI is InChI=1S/C18H13N3OS/c22-17(21-18-19-9-10-23-18)14-8-4-7-13-11-15(20-16(13)14)12-5-2-1-3-6-12/h1-10H,11H2,(H,19,21,22). The Morgan fingerprint density at radius 2 is 1.96 bits per heavy atom. The van der Waals surface area contributed by atoms with Crippen LogP contribution in [-0.4, -0.2) is 16.6 Å². The second-order valence-electron chi connectivity index (χ2n) is 5.21. The number of anilines is 1. The summed E-state index contributed by atoms with van der Waals surface area (Å²) in [5, 5.41) is 5.25. The summed E-state index contributed by atoms with van der Waals surface area (Å²) in [7, 11) is 0. The molecule has 0 saturated heterocycles. The van der Waals surface area contributed by atoms with Gasteiger partial charge in [-0.15, -0.1) is 11.3 Å². The minimum absolute atomic E-state index is 0.171. The largest absolute Gasteiger partial charge is 0.298 e. The number of fused-ring (bicyclic) bond motifs is 1. The lowest BCUT2D eigenvalue weighted by atomic mass is 10.0. The molecule has 0 atom stereocenters. The quantitative estimate of drug-likeness (QED) is 0.791. The van der Waals surface area contributed by atoms with Gasteiger partial charge in [0.1, 0.15) is 0 Å². The molecule has 112 valence electrons. The van der Waals surface area contributed by atoms with E-state index in [-0.39, 0.29) is 5.91 Å². The SMILES string of the molecule is O=C(Nc1nccs1)c1cccc2c1N=C(c1ccccc1)C2. The predicted molar refractivity (Wildman–Crippen MR) is 92.9 cm³/mol. The van der Waals surface area contributed by atoms with Crippen molar-refractivity contribution < 1.29 is 4.79 Å². The molecule has 0 unspecified atom stereocenters. The molecule has 1 amide bonds. The van der Waals surface area contributed by atoms with E-state index in [9.17, 15) is 4.79 Å². The molecule has 0 saturated carbocycles. The highest BCUT2D eigenvalue weighted by Gasteiger charge is 2.22. The molecule has 1 aliphatic heterocycles. The first-order chi connectivity index (χ1) is 11.3. The van der Waals surface area contributed by atoms with Crippen molar-refractivity contribution in [1.82, 2.24) is 4.98 Å². The van der Waals surface area contributed by atoms with Gasteiger partial charge in [0.15, 0.2) is 5.13 Å².